The zero-order chi connectivity index (χ0) is 24.4. The number of hydrogen-bond donors (Lipinski definition) is 0. The number of carbonyl (C=O) groups excluding carboxylic acids is 4. The Labute approximate surface area is 193 Å². The molecule has 0 bridgehead atoms. The molecule has 1 heterocycles. The summed E-state index contributed by atoms with van der Waals surface area (Å²) in [7, 11) is 0. The Morgan fingerprint density at radius 3 is 2.29 bits per heavy atom. The van der Waals surface area contributed by atoms with Crippen molar-refractivity contribution >= 4 is 34.9 Å². The fraction of sp³-hybridized carbons (Fsp3) is 0.120. The molecule has 0 aromatic heterocycles. The second kappa shape index (κ2) is 9.07. The van der Waals surface area contributed by atoms with Gasteiger partial charge in [-0.2, -0.15) is 0 Å². The minimum atomic E-state index is -1.01. The van der Waals surface area contributed by atoms with E-state index < -0.39 is 28.8 Å². The number of benzene rings is 3. The Bertz CT molecular complexity index is 1330. The monoisotopic (exact) mass is 458 g/mol. The number of esters is 1. The molecule has 0 N–H and O–H groups in total. The van der Waals surface area contributed by atoms with Crippen LogP contribution in [0, 0.1) is 10.1 Å². The molecule has 1 aliphatic rings. The van der Waals surface area contributed by atoms with Crippen molar-refractivity contribution in [2.24, 2.45) is 0 Å². The van der Waals surface area contributed by atoms with E-state index in [1.807, 2.05) is 0 Å². The van der Waals surface area contributed by atoms with Gasteiger partial charge in [0.15, 0.2) is 6.10 Å². The van der Waals surface area contributed by atoms with Crippen LogP contribution in [0.1, 0.15) is 54.8 Å². The first-order valence-corrected chi connectivity index (χ1v) is 10.4. The molecule has 3 aromatic carbocycles. The molecule has 3 aromatic rings. The van der Waals surface area contributed by atoms with Gasteiger partial charge in [-0.05, 0) is 30.7 Å². The van der Waals surface area contributed by atoms with Crippen LogP contribution in [0.5, 0.6) is 0 Å². The maximum absolute atomic E-state index is 13.0. The SMILES string of the molecule is CCC(OC(=O)c1ccc2c(c1)C(=O)N(c1cccc([N+](=O)[O-])c1)C2=O)C(=O)c1ccccc1. The molecule has 1 unspecified atom stereocenters. The number of nitro groups is 1. The van der Waals surface area contributed by atoms with Crippen molar-refractivity contribution in [3.8, 4) is 0 Å². The fourth-order valence-electron chi connectivity index (χ4n) is 3.66. The number of nitro benzene ring substituents is 1. The molecule has 0 fully saturated rings. The number of anilines is 1. The van der Waals surface area contributed by atoms with Crippen LogP contribution >= 0.6 is 0 Å². The zero-order valence-electron chi connectivity index (χ0n) is 18.0. The van der Waals surface area contributed by atoms with Crippen molar-refractivity contribution in [2.75, 3.05) is 4.90 Å². The van der Waals surface area contributed by atoms with Gasteiger partial charge in [-0.15, -0.1) is 0 Å². The second-order valence-electron chi connectivity index (χ2n) is 7.52. The number of rotatable bonds is 7. The summed E-state index contributed by atoms with van der Waals surface area (Å²) in [6.45, 7) is 1.71. The lowest BCUT2D eigenvalue weighted by Gasteiger charge is -2.15. The minimum absolute atomic E-state index is 0.0000962. The molecule has 1 atom stereocenters. The van der Waals surface area contributed by atoms with Gasteiger partial charge in [0, 0.05) is 17.7 Å². The summed E-state index contributed by atoms with van der Waals surface area (Å²) in [5, 5.41) is 11.1. The molecule has 0 spiro atoms. The van der Waals surface area contributed by atoms with Gasteiger partial charge in [-0.3, -0.25) is 24.5 Å². The number of amides is 2. The first-order chi connectivity index (χ1) is 16.3. The van der Waals surface area contributed by atoms with Gasteiger partial charge in [-0.25, -0.2) is 9.69 Å². The lowest BCUT2D eigenvalue weighted by atomic mass is 10.0. The van der Waals surface area contributed by atoms with Crippen molar-refractivity contribution in [3.63, 3.8) is 0 Å². The van der Waals surface area contributed by atoms with Crippen LogP contribution < -0.4 is 4.90 Å². The zero-order valence-corrected chi connectivity index (χ0v) is 18.0. The number of imide groups is 1. The Morgan fingerprint density at radius 1 is 0.912 bits per heavy atom. The largest absolute Gasteiger partial charge is 0.450 e. The normalized spacial score (nSPS) is 13.4. The average molecular weight is 458 g/mol. The highest BCUT2D eigenvalue weighted by molar-refractivity contribution is 6.34. The number of ketones is 1. The highest BCUT2D eigenvalue weighted by Gasteiger charge is 2.38. The van der Waals surface area contributed by atoms with Crippen LogP contribution in [0.3, 0.4) is 0 Å². The molecule has 0 saturated carbocycles. The van der Waals surface area contributed by atoms with E-state index in [1.54, 1.807) is 37.3 Å². The van der Waals surface area contributed by atoms with Gasteiger partial charge in [0.2, 0.25) is 5.78 Å². The van der Waals surface area contributed by atoms with Crippen molar-refractivity contribution in [2.45, 2.75) is 19.4 Å². The summed E-state index contributed by atoms with van der Waals surface area (Å²) in [4.78, 5) is 62.5. The number of Topliss-reactive ketones (excluding diaryl/α,β-unsaturated/α-hetero) is 1. The van der Waals surface area contributed by atoms with Gasteiger partial charge in [0.25, 0.3) is 17.5 Å². The van der Waals surface area contributed by atoms with E-state index >= 15 is 0 Å². The molecular weight excluding hydrogens is 440 g/mol. The van der Waals surface area contributed by atoms with Crippen LogP contribution in [-0.4, -0.2) is 34.6 Å². The summed E-state index contributed by atoms with van der Waals surface area (Å²) >= 11 is 0. The van der Waals surface area contributed by atoms with Crippen molar-refractivity contribution in [3.05, 3.63) is 105 Å². The van der Waals surface area contributed by atoms with Crippen molar-refractivity contribution < 1.29 is 28.8 Å². The third-order valence-corrected chi connectivity index (χ3v) is 5.39. The fourth-order valence-corrected chi connectivity index (χ4v) is 3.66. The highest BCUT2D eigenvalue weighted by Crippen LogP contribution is 2.31. The van der Waals surface area contributed by atoms with Gasteiger partial charge < -0.3 is 4.74 Å². The maximum atomic E-state index is 13.0. The first kappa shape index (κ1) is 22.5. The molecule has 2 amide bonds. The summed E-state index contributed by atoms with van der Waals surface area (Å²) in [6.07, 6.45) is -0.760. The van der Waals surface area contributed by atoms with Crippen LogP contribution in [0.4, 0.5) is 11.4 Å². The maximum Gasteiger partial charge on any atom is 0.338 e. The van der Waals surface area contributed by atoms with E-state index in [4.69, 9.17) is 4.74 Å². The third kappa shape index (κ3) is 4.06. The number of carbonyl (C=O) groups is 4. The first-order valence-electron chi connectivity index (χ1n) is 10.4. The van der Waals surface area contributed by atoms with E-state index in [2.05, 4.69) is 0 Å². The Hall–Kier alpha value is -4.66. The number of non-ortho nitro benzene ring substituents is 1. The predicted molar refractivity (Wildman–Crippen MR) is 121 cm³/mol. The molecule has 1 aliphatic heterocycles. The topological polar surface area (TPSA) is 124 Å². The molecule has 9 nitrogen and oxygen atoms in total. The molecule has 170 valence electrons. The van der Waals surface area contributed by atoms with Crippen LogP contribution in [0.25, 0.3) is 0 Å². The number of fused-ring (bicyclic) bond motifs is 1. The molecule has 0 radical (unpaired) electrons. The van der Waals surface area contributed by atoms with Crippen molar-refractivity contribution in [1.82, 2.24) is 0 Å². The van der Waals surface area contributed by atoms with Gasteiger partial charge in [0.1, 0.15) is 0 Å². The minimum Gasteiger partial charge on any atom is -0.450 e. The van der Waals surface area contributed by atoms with Crippen LogP contribution in [-0.2, 0) is 4.74 Å². The Kier molecular flexibility index (Phi) is 6.01. The Morgan fingerprint density at radius 2 is 1.62 bits per heavy atom. The summed E-state index contributed by atoms with van der Waals surface area (Å²) in [5.41, 5.74) is 0.203. The smallest absolute Gasteiger partial charge is 0.338 e. The molecule has 9 heteroatoms. The molecule has 4 rings (SSSR count). The average Bonchev–Trinajstić information content (AvgIpc) is 3.11. The van der Waals surface area contributed by atoms with Crippen LogP contribution in [0.2, 0.25) is 0 Å². The number of nitrogens with zero attached hydrogens (tertiary/aromatic N) is 2. The van der Waals surface area contributed by atoms with E-state index in [1.165, 1.54) is 36.4 Å². The Balaban J connectivity index is 1.58. The van der Waals surface area contributed by atoms with E-state index in [-0.39, 0.29) is 40.3 Å². The summed E-state index contributed by atoms with van der Waals surface area (Å²) < 4.78 is 5.40. The second-order valence-corrected chi connectivity index (χ2v) is 7.52. The van der Waals surface area contributed by atoms with Gasteiger partial charge >= 0.3 is 5.97 Å². The van der Waals surface area contributed by atoms with E-state index in [0.717, 1.165) is 11.0 Å². The van der Waals surface area contributed by atoms with Gasteiger partial charge in [-0.1, -0.05) is 43.3 Å². The highest BCUT2D eigenvalue weighted by atomic mass is 16.6. The lowest BCUT2D eigenvalue weighted by Crippen LogP contribution is -2.29. The van der Waals surface area contributed by atoms with Gasteiger partial charge in [0.05, 0.1) is 27.3 Å². The number of hydrogen-bond acceptors (Lipinski definition) is 7. The van der Waals surface area contributed by atoms with Crippen molar-refractivity contribution in [1.29, 1.82) is 0 Å². The molecule has 34 heavy (non-hydrogen) atoms. The summed E-state index contributed by atoms with van der Waals surface area (Å²) in [6, 6.07) is 17.5. The molecular formula is C25H18N2O7. The van der Waals surface area contributed by atoms with Crippen LogP contribution in [0.15, 0.2) is 72.8 Å². The quantitative estimate of drug-likeness (QED) is 0.171. The third-order valence-electron chi connectivity index (χ3n) is 5.39. The summed E-state index contributed by atoms with van der Waals surface area (Å²) in [5.74, 6) is -2.54. The van der Waals surface area contributed by atoms with E-state index in [9.17, 15) is 29.3 Å². The molecule has 0 aliphatic carbocycles. The lowest BCUT2D eigenvalue weighted by molar-refractivity contribution is -0.384. The predicted octanol–water partition coefficient (Wildman–Crippen LogP) is 4.21. The van der Waals surface area contributed by atoms with E-state index in [0.29, 0.717) is 5.56 Å². The standard InChI is InChI=1S/C25H18N2O7/c1-2-21(22(28)15-7-4-3-5-8-15)34-25(31)16-11-12-19-20(13-16)24(30)26(23(19)29)17-9-6-10-18(14-17)27(32)33/h3-14,21H,2H2,1H3. The molecule has 0 saturated heterocycles. The number of ether oxygens (including phenoxy) is 1.